The topological polar surface area (TPSA) is 58.8 Å². The maximum absolute atomic E-state index is 5.65. The molecule has 1 heterocycles. The average molecular weight is 455 g/mol. The number of nitrogens with zero attached hydrogens (tertiary/aromatic N) is 1. The van der Waals surface area contributed by atoms with Crippen LogP contribution < -0.4 is 15.4 Å². The molecule has 0 amide bonds. The number of benzene rings is 1. The Bertz CT molecular complexity index is 637. The smallest absolute Gasteiger partial charge is 0.196 e. The van der Waals surface area contributed by atoms with Gasteiger partial charge in [0.1, 0.15) is 11.5 Å². The predicted octanol–water partition coefficient (Wildman–Crippen LogP) is 4.47. The number of halogens is 1. The van der Waals surface area contributed by atoms with Gasteiger partial charge in [0, 0.05) is 25.2 Å². The summed E-state index contributed by atoms with van der Waals surface area (Å²) in [5.74, 6) is 2.49. The van der Waals surface area contributed by atoms with Gasteiger partial charge >= 0.3 is 0 Å². The van der Waals surface area contributed by atoms with Gasteiger partial charge in [-0.1, -0.05) is 6.08 Å². The molecule has 2 N–H and O–H groups in total. The van der Waals surface area contributed by atoms with Crippen molar-refractivity contribution in [1.82, 2.24) is 5.32 Å². The first kappa shape index (κ1) is 21.1. The van der Waals surface area contributed by atoms with Crippen molar-refractivity contribution in [2.75, 3.05) is 18.4 Å². The number of guanidine groups is 1. The number of aliphatic imine (C=N–C) groups is 1. The number of ether oxygens (including phenoxy) is 1. The lowest BCUT2D eigenvalue weighted by molar-refractivity contribution is 0.242. The number of hydrogen-bond donors (Lipinski definition) is 2. The number of furan rings is 1. The van der Waals surface area contributed by atoms with E-state index in [1.165, 1.54) is 0 Å². The molecule has 1 aromatic heterocycles. The van der Waals surface area contributed by atoms with E-state index in [-0.39, 0.29) is 30.1 Å². The summed E-state index contributed by atoms with van der Waals surface area (Å²) < 4.78 is 11.0. The second-order valence-corrected chi connectivity index (χ2v) is 5.55. The lowest BCUT2D eigenvalue weighted by Crippen LogP contribution is -2.31. The molecule has 0 spiro atoms. The van der Waals surface area contributed by atoms with Crippen molar-refractivity contribution in [2.45, 2.75) is 26.4 Å². The molecule has 1 aromatic carbocycles. The van der Waals surface area contributed by atoms with E-state index < -0.39 is 0 Å². The van der Waals surface area contributed by atoms with Gasteiger partial charge in [-0.05, 0) is 50.2 Å². The fourth-order valence-electron chi connectivity index (χ4n) is 2.07. The van der Waals surface area contributed by atoms with Crippen molar-refractivity contribution in [1.29, 1.82) is 0 Å². The van der Waals surface area contributed by atoms with E-state index >= 15 is 0 Å². The van der Waals surface area contributed by atoms with Crippen LogP contribution in [0.5, 0.6) is 5.75 Å². The van der Waals surface area contributed by atoms with Crippen molar-refractivity contribution < 1.29 is 9.15 Å². The minimum atomic E-state index is 0. The molecule has 0 bridgehead atoms. The van der Waals surface area contributed by atoms with Gasteiger partial charge in [0.2, 0.25) is 0 Å². The van der Waals surface area contributed by atoms with Gasteiger partial charge in [-0.25, -0.2) is 0 Å². The zero-order valence-corrected chi connectivity index (χ0v) is 17.0. The van der Waals surface area contributed by atoms with E-state index in [2.05, 4.69) is 22.2 Å². The number of hydrogen-bond acceptors (Lipinski definition) is 3. The predicted molar refractivity (Wildman–Crippen MR) is 114 cm³/mol. The molecule has 0 aliphatic rings. The van der Waals surface area contributed by atoms with Gasteiger partial charge in [-0.2, -0.15) is 0 Å². The van der Waals surface area contributed by atoms with Gasteiger partial charge in [0.15, 0.2) is 5.96 Å². The lowest BCUT2D eigenvalue weighted by atomic mass is 10.3. The molecule has 0 aliphatic heterocycles. The first-order valence-corrected chi connectivity index (χ1v) is 8.12. The molecule has 0 aliphatic carbocycles. The van der Waals surface area contributed by atoms with E-state index in [1.807, 2.05) is 50.2 Å². The minimum absolute atomic E-state index is 0. The monoisotopic (exact) mass is 455 g/mol. The first-order valence-electron chi connectivity index (χ1n) is 8.12. The van der Waals surface area contributed by atoms with Gasteiger partial charge < -0.3 is 19.8 Å². The molecule has 5 nitrogen and oxygen atoms in total. The Morgan fingerprint density at radius 2 is 2.04 bits per heavy atom. The number of nitrogens with one attached hydrogen (secondary N) is 2. The second-order valence-electron chi connectivity index (χ2n) is 5.55. The van der Waals surface area contributed by atoms with E-state index in [1.54, 1.807) is 12.3 Å². The highest BCUT2D eigenvalue weighted by molar-refractivity contribution is 14.0. The normalized spacial score (nSPS) is 10.9. The van der Waals surface area contributed by atoms with Gasteiger partial charge in [-0.3, -0.25) is 4.99 Å². The Balaban J connectivity index is 0.00000312. The Morgan fingerprint density at radius 3 is 2.64 bits per heavy atom. The second kappa shape index (κ2) is 11.6. The summed E-state index contributed by atoms with van der Waals surface area (Å²) in [5, 5.41) is 6.48. The molecule has 0 atom stereocenters. The number of anilines is 1. The van der Waals surface area contributed by atoms with E-state index in [0.717, 1.165) is 23.6 Å². The summed E-state index contributed by atoms with van der Waals surface area (Å²) in [6.45, 7) is 9.01. The summed E-state index contributed by atoms with van der Waals surface area (Å²) >= 11 is 0. The van der Waals surface area contributed by atoms with E-state index in [4.69, 9.17) is 9.15 Å². The lowest BCUT2D eigenvalue weighted by Gasteiger charge is -2.13. The molecular formula is C19H26IN3O2. The number of rotatable bonds is 8. The Hall–Kier alpha value is -1.96. The molecule has 0 radical (unpaired) electrons. The highest BCUT2D eigenvalue weighted by atomic mass is 127. The van der Waals surface area contributed by atoms with Crippen molar-refractivity contribution >= 4 is 35.6 Å². The molecule has 2 rings (SSSR count). The maximum Gasteiger partial charge on any atom is 0.196 e. The quantitative estimate of drug-likeness (QED) is 0.267. The summed E-state index contributed by atoms with van der Waals surface area (Å²) in [5.41, 5.74) is 0.944. The molecule has 2 aromatic rings. The van der Waals surface area contributed by atoms with Crippen molar-refractivity contribution in [3.8, 4) is 5.75 Å². The standard InChI is InChI=1S/C19H25N3O2.HI/c1-4-12-20-19(21-13-11-17-6-5-14-23-17)22-16-7-9-18(10-8-16)24-15(2)3;/h4-10,14-15H,1,11-13H2,2-3H3,(H2,20,21,22);1H. The van der Waals surface area contributed by atoms with Crippen LogP contribution in [-0.2, 0) is 6.42 Å². The SMILES string of the molecule is C=CCNC(=NCCc1ccco1)Nc1ccc(OC(C)C)cc1.I. The van der Waals surface area contributed by atoms with Crippen LogP contribution in [0.1, 0.15) is 19.6 Å². The molecule has 0 saturated carbocycles. The Labute approximate surface area is 166 Å². The Kier molecular flexibility index (Phi) is 9.76. The van der Waals surface area contributed by atoms with Crippen molar-refractivity contribution in [3.63, 3.8) is 0 Å². The van der Waals surface area contributed by atoms with Gasteiger partial charge in [0.25, 0.3) is 0 Å². The fourth-order valence-corrected chi connectivity index (χ4v) is 2.07. The highest BCUT2D eigenvalue weighted by Crippen LogP contribution is 2.16. The largest absolute Gasteiger partial charge is 0.491 e. The third-order valence-corrected chi connectivity index (χ3v) is 3.11. The maximum atomic E-state index is 5.65. The van der Waals surface area contributed by atoms with E-state index in [9.17, 15) is 0 Å². The van der Waals surface area contributed by atoms with Crippen LogP contribution in [0.4, 0.5) is 5.69 Å². The van der Waals surface area contributed by atoms with E-state index in [0.29, 0.717) is 19.0 Å². The third-order valence-electron chi connectivity index (χ3n) is 3.11. The highest BCUT2D eigenvalue weighted by Gasteiger charge is 2.02. The molecule has 0 saturated heterocycles. The van der Waals surface area contributed by atoms with Crippen LogP contribution >= 0.6 is 24.0 Å². The van der Waals surface area contributed by atoms with Crippen LogP contribution in [0.3, 0.4) is 0 Å². The van der Waals surface area contributed by atoms with Crippen LogP contribution in [0.25, 0.3) is 0 Å². The van der Waals surface area contributed by atoms with Crippen molar-refractivity contribution in [2.24, 2.45) is 4.99 Å². The zero-order valence-electron chi connectivity index (χ0n) is 14.7. The fraction of sp³-hybridized carbons (Fsp3) is 0.316. The van der Waals surface area contributed by atoms with Crippen LogP contribution in [0.15, 0.2) is 64.7 Å². The van der Waals surface area contributed by atoms with Crippen LogP contribution in [-0.4, -0.2) is 25.2 Å². The summed E-state index contributed by atoms with van der Waals surface area (Å²) in [7, 11) is 0. The summed E-state index contributed by atoms with van der Waals surface area (Å²) in [6.07, 6.45) is 4.39. The Morgan fingerprint density at radius 1 is 1.28 bits per heavy atom. The van der Waals surface area contributed by atoms with Crippen LogP contribution in [0, 0.1) is 0 Å². The first-order chi connectivity index (χ1) is 11.7. The molecule has 25 heavy (non-hydrogen) atoms. The molecule has 0 unspecified atom stereocenters. The molecule has 6 heteroatoms. The average Bonchev–Trinajstić information content (AvgIpc) is 3.07. The van der Waals surface area contributed by atoms with Crippen molar-refractivity contribution in [3.05, 3.63) is 61.1 Å². The molecule has 136 valence electrons. The minimum Gasteiger partial charge on any atom is -0.491 e. The third kappa shape index (κ3) is 8.11. The van der Waals surface area contributed by atoms with Gasteiger partial charge in [0.05, 0.1) is 12.4 Å². The zero-order chi connectivity index (χ0) is 17.2. The van der Waals surface area contributed by atoms with Gasteiger partial charge in [-0.15, -0.1) is 30.6 Å². The molecular weight excluding hydrogens is 429 g/mol. The summed E-state index contributed by atoms with van der Waals surface area (Å²) in [6, 6.07) is 11.7. The summed E-state index contributed by atoms with van der Waals surface area (Å²) in [4.78, 5) is 4.56. The van der Waals surface area contributed by atoms with Crippen LogP contribution in [0.2, 0.25) is 0 Å². The molecule has 0 fully saturated rings.